The van der Waals surface area contributed by atoms with Crippen molar-refractivity contribution in [2.24, 2.45) is 0 Å². The van der Waals surface area contributed by atoms with E-state index in [1.807, 2.05) is 11.8 Å². The highest BCUT2D eigenvalue weighted by Crippen LogP contribution is 2.06. The van der Waals surface area contributed by atoms with Crippen molar-refractivity contribution in [3.63, 3.8) is 0 Å². The number of aromatic nitrogens is 2. The molecular weight excluding hydrogens is 220 g/mol. The Hall–Kier alpha value is -1.40. The minimum Gasteiger partial charge on any atom is -0.378 e. The zero-order valence-corrected chi connectivity index (χ0v) is 10.0. The number of nitrogens with one attached hydrogen (secondary N) is 2. The van der Waals surface area contributed by atoms with Crippen LogP contribution in [0.15, 0.2) is 11.0 Å². The van der Waals surface area contributed by atoms with Crippen LogP contribution in [0.5, 0.6) is 0 Å². The molecule has 94 valence electrons. The smallest absolute Gasteiger partial charge is 0.256 e. The topological polar surface area (TPSA) is 70.2 Å². The Morgan fingerprint density at radius 3 is 2.94 bits per heavy atom. The molecule has 0 atom stereocenters. The van der Waals surface area contributed by atoms with E-state index in [-0.39, 0.29) is 5.56 Å². The van der Waals surface area contributed by atoms with Gasteiger partial charge in [-0.3, -0.25) is 9.78 Å². The van der Waals surface area contributed by atoms with Gasteiger partial charge in [-0.1, -0.05) is 6.92 Å². The fraction of sp³-hybridized carbons (Fsp3) is 0.636. The van der Waals surface area contributed by atoms with Gasteiger partial charge in [-0.05, 0) is 6.54 Å². The lowest BCUT2D eigenvalue weighted by Crippen LogP contribution is -2.38. The maximum Gasteiger partial charge on any atom is 0.256 e. The molecule has 1 aliphatic rings. The number of H-pyrrole nitrogens is 1. The summed E-state index contributed by atoms with van der Waals surface area (Å²) < 4.78 is 5.26. The molecule has 2 rings (SSSR count). The third kappa shape index (κ3) is 3.04. The van der Waals surface area contributed by atoms with E-state index in [9.17, 15) is 4.79 Å². The maximum atomic E-state index is 11.8. The number of morpholine rings is 1. The number of anilines is 1. The minimum absolute atomic E-state index is 0.0672. The van der Waals surface area contributed by atoms with Crippen LogP contribution in [-0.4, -0.2) is 42.8 Å². The molecule has 0 amide bonds. The van der Waals surface area contributed by atoms with Gasteiger partial charge in [0.05, 0.1) is 13.2 Å². The van der Waals surface area contributed by atoms with E-state index >= 15 is 0 Å². The summed E-state index contributed by atoms with van der Waals surface area (Å²) in [5.74, 6) is 0.638. The molecule has 1 saturated heterocycles. The van der Waals surface area contributed by atoms with Crippen molar-refractivity contribution in [2.75, 3.05) is 37.7 Å². The lowest BCUT2D eigenvalue weighted by atomic mass is 10.3. The minimum atomic E-state index is -0.0672. The van der Waals surface area contributed by atoms with Gasteiger partial charge in [0.15, 0.2) is 0 Å². The SMILES string of the molecule is CCNCc1cnc(N2CCOCC2)[nH]c1=O. The van der Waals surface area contributed by atoms with Crippen LogP contribution in [0.4, 0.5) is 5.95 Å². The van der Waals surface area contributed by atoms with Gasteiger partial charge in [0.25, 0.3) is 5.56 Å². The highest BCUT2D eigenvalue weighted by Gasteiger charge is 2.13. The summed E-state index contributed by atoms with van der Waals surface area (Å²) in [5.41, 5.74) is 0.603. The zero-order chi connectivity index (χ0) is 12.1. The fourth-order valence-electron chi connectivity index (χ4n) is 1.73. The Morgan fingerprint density at radius 2 is 2.29 bits per heavy atom. The van der Waals surface area contributed by atoms with E-state index in [2.05, 4.69) is 15.3 Å². The van der Waals surface area contributed by atoms with Crippen LogP contribution in [-0.2, 0) is 11.3 Å². The Kier molecular flexibility index (Phi) is 4.11. The molecule has 0 aromatic carbocycles. The molecule has 0 bridgehead atoms. The predicted molar refractivity (Wildman–Crippen MR) is 65.3 cm³/mol. The third-order valence-electron chi connectivity index (χ3n) is 2.74. The Labute approximate surface area is 100 Å². The van der Waals surface area contributed by atoms with Crippen molar-refractivity contribution < 1.29 is 4.74 Å². The van der Waals surface area contributed by atoms with Crippen LogP contribution in [0, 0.1) is 0 Å². The summed E-state index contributed by atoms with van der Waals surface area (Å²) in [6.07, 6.45) is 1.65. The first-order valence-electron chi connectivity index (χ1n) is 5.93. The Morgan fingerprint density at radius 1 is 1.53 bits per heavy atom. The molecule has 17 heavy (non-hydrogen) atoms. The number of hydrogen-bond acceptors (Lipinski definition) is 5. The third-order valence-corrected chi connectivity index (χ3v) is 2.74. The van der Waals surface area contributed by atoms with Crippen molar-refractivity contribution in [2.45, 2.75) is 13.5 Å². The summed E-state index contributed by atoms with van der Waals surface area (Å²) in [7, 11) is 0. The van der Waals surface area contributed by atoms with Gasteiger partial charge >= 0.3 is 0 Å². The van der Waals surface area contributed by atoms with Gasteiger partial charge < -0.3 is 15.0 Å². The summed E-state index contributed by atoms with van der Waals surface area (Å²) in [4.78, 5) is 20.9. The molecule has 0 saturated carbocycles. The predicted octanol–water partition coefficient (Wildman–Crippen LogP) is -0.284. The summed E-state index contributed by atoms with van der Waals surface area (Å²) in [6.45, 7) is 6.31. The van der Waals surface area contributed by atoms with Crippen LogP contribution in [0.1, 0.15) is 12.5 Å². The standard InChI is InChI=1S/C11H18N4O2/c1-2-12-7-9-8-13-11(14-10(9)16)15-3-5-17-6-4-15/h8,12H,2-7H2,1H3,(H,13,14,16). The quantitative estimate of drug-likeness (QED) is 0.754. The molecule has 2 N–H and O–H groups in total. The molecule has 6 nitrogen and oxygen atoms in total. The van der Waals surface area contributed by atoms with E-state index in [1.165, 1.54) is 0 Å². The molecule has 2 heterocycles. The Bertz CT molecular complexity index is 412. The molecule has 0 unspecified atom stereocenters. The molecule has 1 aromatic rings. The van der Waals surface area contributed by atoms with Gasteiger partial charge in [0, 0.05) is 31.4 Å². The van der Waals surface area contributed by atoms with Crippen LogP contribution in [0.2, 0.25) is 0 Å². The number of aromatic amines is 1. The molecule has 1 aromatic heterocycles. The average molecular weight is 238 g/mol. The van der Waals surface area contributed by atoms with Crippen molar-refractivity contribution in [3.8, 4) is 0 Å². The number of nitrogens with zero attached hydrogens (tertiary/aromatic N) is 2. The largest absolute Gasteiger partial charge is 0.378 e. The van der Waals surface area contributed by atoms with Crippen molar-refractivity contribution >= 4 is 5.95 Å². The first-order valence-corrected chi connectivity index (χ1v) is 5.93. The number of rotatable bonds is 4. The Balaban J connectivity index is 2.09. The maximum absolute atomic E-state index is 11.8. The molecule has 1 fully saturated rings. The van der Waals surface area contributed by atoms with Crippen LogP contribution in [0.3, 0.4) is 0 Å². The van der Waals surface area contributed by atoms with Crippen LogP contribution in [0.25, 0.3) is 0 Å². The molecule has 6 heteroatoms. The second kappa shape index (κ2) is 5.79. The molecule has 0 radical (unpaired) electrons. The number of ether oxygens (including phenoxy) is 1. The van der Waals surface area contributed by atoms with E-state index < -0.39 is 0 Å². The average Bonchev–Trinajstić information content (AvgIpc) is 2.38. The van der Waals surface area contributed by atoms with Crippen LogP contribution >= 0.6 is 0 Å². The van der Waals surface area contributed by atoms with Crippen molar-refractivity contribution in [1.29, 1.82) is 0 Å². The summed E-state index contributed by atoms with van der Waals surface area (Å²) >= 11 is 0. The molecule has 0 aliphatic carbocycles. The molecule has 1 aliphatic heterocycles. The van der Waals surface area contributed by atoms with Crippen molar-refractivity contribution in [3.05, 3.63) is 22.1 Å². The fourth-order valence-corrected chi connectivity index (χ4v) is 1.73. The van der Waals surface area contributed by atoms with Crippen molar-refractivity contribution in [1.82, 2.24) is 15.3 Å². The highest BCUT2D eigenvalue weighted by molar-refractivity contribution is 5.30. The first-order chi connectivity index (χ1) is 8.31. The zero-order valence-electron chi connectivity index (χ0n) is 10.0. The summed E-state index contributed by atoms with van der Waals surface area (Å²) in [6, 6.07) is 0. The van der Waals surface area contributed by atoms with Gasteiger partial charge in [-0.15, -0.1) is 0 Å². The van der Waals surface area contributed by atoms with E-state index in [0.29, 0.717) is 31.3 Å². The van der Waals surface area contributed by atoms with Crippen LogP contribution < -0.4 is 15.8 Å². The van der Waals surface area contributed by atoms with Gasteiger partial charge in [0.1, 0.15) is 0 Å². The van der Waals surface area contributed by atoms with Gasteiger partial charge in [-0.25, -0.2) is 4.98 Å². The van der Waals surface area contributed by atoms with E-state index in [4.69, 9.17) is 4.74 Å². The highest BCUT2D eigenvalue weighted by atomic mass is 16.5. The monoisotopic (exact) mass is 238 g/mol. The van der Waals surface area contributed by atoms with E-state index in [1.54, 1.807) is 6.20 Å². The van der Waals surface area contributed by atoms with Gasteiger partial charge in [0.2, 0.25) is 5.95 Å². The molecular formula is C11H18N4O2. The summed E-state index contributed by atoms with van der Waals surface area (Å²) in [5, 5.41) is 3.11. The lowest BCUT2D eigenvalue weighted by Gasteiger charge is -2.27. The normalized spacial score (nSPS) is 16.2. The van der Waals surface area contributed by atoms with Gasteiger partial charge in [-0.2, -0.15) is 0 Å². The molecule has 0 spiro atoms. The number of hydrogen-bond donors (Lipinski definition) is 2. The first kappa shape index (κ1) is 12.1. The van der Waals surface area contributed by atoms with E-state index in [0.717, 1.165) is 19.6 Å². The second-order valence-electron chi connectivity index (χ2n) is 3.94. The second-order valence-corrected chi connectivity index (χ2v) is 3.94. The lowest BCUT2D eigenvalue weighted by molar-refractivity contribution is 0.122.